The van der Waals surface area contributed by atoms with Crippen molar-refractivity contribution in [2.75, 3.05) is 18.1 Å². The smallest absolute Gasteiger partial charge is 0.330 e. The Kier molecular flexibility index (Phi) is 7.95. The molecule has 0 radical (unpaired) electrons. The third kappa shape index (κ3) is 5.92. The number of anilines is 1. The lowest BCUT2D eigenvalue weighted by Gasteiger charge is -2.32. The van der Waals surface area contributed by atoms with Gasteiger partial charge in [-0.05, 0) is 57.5 Å². The monoisotopic (exact) mass is 505 g/mol. The Balaban J connectivity index is 2.10. The van der Waals surface area contributed by atoms with Crippen LogP contribution < -0.4 is 11.1 Å². The number of thioether (sulfide) groups is 1. The van der Waals surface area contributed by atoms with Gasteiger partial charge in [0.2, 0.25) is 0 Å². The lowest BCUT2D eigenvalue weighted by atomic mass is 10.1. The zero-order valence-corrected chi connectivity index (χ0v) is 21.4. The molecule has 0 unspecified atom stereocenters. The van der Waals surface area contributed by atoms with Gasteiger partial charge in [-0.1, -0.05) is 29.8 Å². The van der Waals surface area contributed by atoms with Gasteiger partial charge in [-0.2, -0.15) is 0 Å². The van der Waals surface area contributed by atoms with Crippen molar-refractivity contribution in [1.29, 1.82) is 0 Å². The lowest BCUT2D eigenvalue weighted by molar-refractivity contribution is -0.151. The number of aryl methyl sites for hydroxylation is 1. The minimum atomic E-state index is -4.38. The standard InChI is InChI=1S/C24H31N3O5S2/c1-5-32-23(29)20(14-17-8-10-18(25)11-9-17)27(22(28)21-26-24(3,4)15-33-21)34(30,31)19-12-6-16(2)7-13-19/h6-13,20-21,26H,5,14-15,25H2,1-4H3/t20-,21-/m0/s1. The average Bonchev–Trinajstić information content (AvgIpc) is 3.14. The highest BCUT2D eigenvalue weighted by molar-refractivity contribution is 8.01. The Morgan fingerprint density at radius 3 is 2.32 bits per heavy atom. The van der Waals surface area contributed by atoms with Crippen molar-refractivity contribution in [3.8, 4) is 0 Å². The third-order valence-corrected chi connectivity index (χ3v) is 8.76. The van der Waals surface area contributed by atoms with E-state index in [1.807, 2.05) is 20.8 Å². The Morgan fingerprint density at radius 2 is 1.79 bits per heavy atom. The van der Waals surface area contributed by atoms with Crippen LogP contribution in [0.4, 0.5) is 5.69 Å². The fourth-order valence-electron chi connectivity index (χ4n) is 3.62. The first-order chi connectivity index (χ1) is 15.9. The van der Waals surface area contributed by atoms with E-state index in [4.69, 9.17) is 10.5 Å². The molecule has 1 heterocycles. The summed E-state index contributed by atoms with van der Waals surface area (Å²) in [5.41, 5.74) is 7.47. The number of hydrogen-bond donors (Lipinski definition) is 2. The highest BCUT2D eigenvalue weighted by Crippen LogP contribution is 2.31. The second kappa shape index (κ2) is 10.4. The van der Waals surface area contributed by atoms with E-state index >= 15 is 0 Å². The number of sulfonamides is 1. The molecule has 1 amide bonds. The van der Waals surface area contributed by atoms with Crippen molar-refractivity contribution in [2.45, 2.75) is 56.0 Å². The van der Waals surface area contributed by atoms with Gasteiger partial charge in [0.1, 0.15) is 11.4 Å². The molecule has 1 saturated heterocycles. The molecule has 10 heteroatoms. The molecule has 0 aromatic heterocycles. The molecule has 184 valence electrons. The van der Waals surface area contributed by atoms with E-state index < -0.39 is 33.3 Å². The molecule has 0 bridgehead atoms. The molecule has 1 aliphatic heterocycles. The summed E-state index contributed by atoms with van der Waals surface area (Å²) in [5, 5.41) is 2.36. The highest BCUT2D eigenvalue weighted by atomic mass is 32.2. The van der Waals surface area contributed by atoms with Gasteiger partial charge in [-0.3, -0.25) is 10.1 Å². The number of amides is 1. The predicted molar refractivity (Wildman–Crippen MR) is 134 cm³/mol. The van der Waals surface area contributed by atoms with Crippen LogP contribution in [0.15, 0.2) is 53.4 Å². The quantitative estimate of drug-likeness (QED) is 0.415. The molecule has 3 N–H and O–H groups in total. The Bertz CT molecular complexity index is 1130. The summed E-state index contributed by atoms with van der Waals surface area (Å²) < 4.78 is 33.6. The summed E-state index contributed by atoms with van der Waals surface area (Å²) in [6.07, 6.45) is -0.0449. The molecule has 0 aliphatic carbocycles. The van der Waals surface area contributed by atoms with Crippen LogP contribution in [0.3, 0.4) is 0 Å². The van der Waals surface area contributed by atoms with Crippen LogP contribution in [-0.2, 0) is 30.8 Å². The average molecular weight is 506 g/mol. The number of esters is 1. The van der Waals surface area contributed by atoms with Crippen molar-refractivity contribution in [3.05, 3.63) is 59.7 Å². The van der Waals surface area contributed by atoms with Crippen LogP contribution in [0.25, 0.3) is 0 Å². The number of nitrogens with zero attached hydrogens (tertiary/aromatic N) is 1. The van der Waals surface area contributed by atoms with E-state index in [1.165, 1.54) is 23.9 Å². The Hall–Kier alpha value is -2.56. The Labute approximate surface area is 205 Å². The number of nitrogens with two attached hydrogens (primary N) is 1. The van der Waals surface area contributed by atoms with Gasteiger partial charge in [0.15, 0.2) is 0 Å². The molecule has 3 rings (SSSR count). The number of carbonyl (C=O) groups is 2. The number of rotatable bonds is 8. The normalized spacial score (nSPS) is 18.3. The molecule has 2 aromatic rings. The number of benzene rings is 2. The van der Waals surface area contributed by atoms with Crippen LogP contribution in [0.2, 0.25) is 0 Å². The maximum atomic E-state index is 13.8. The maximum Gasteiger partial charge on any atom is 0.330 e. The molecular formula is C24H31N3O5S2. The van der Waals surface area contributed by atoms with E-state index in [0.29, 0.717) is 21.3 Å². The third-order valence-electron chi connectivity index (χ3n) is 5.40. The summed E-state index contributed by atoms with van der Waals surface area (Å²) in [6, 6.07) is 11.5. The minimum absolute atomic E-state index is 0.0449. The first kappa shape index (κ1) is 26.1. The maximum absolute atomic E-state index is 13.8. The first-order valence-electron chi connectivity index (χ1n) is 11.0. The van der Waals surface area contributed by atoms with Crippen molar-refractivity contribution in [1.82, 2.24) is 9.62 Å². The van der Waals surface area contributed by atoms with Crippen LogP contribution >= 0.6 is 11.8 Å². The summed E-state index contributed by atoms with van der Waals surface area (Å²) >= 11 is 1.31. The molecule has 1 fully saturated rings. The van der Waals surface area contributed by atoms with Gasteiger partial charge in [0.05, 0.1) is 11.5 Å². The first-order valence-corrected chi connectivity index (χ1v) is 13.5. The van der Waals surface area contributed by atoms with Gasteiger partial charge >= 0.3 is 5.97 Å². The summed E-state index contributed by atoms with van der Waals surface area (Å²) in [4.78, 5) is 26.8. The highest BCUT2D eigenvalue weighted by Gasteiger charge is 2.46. The molecule has 0 saturated carbocycles. The van der Waals surface area contributed by atoms with Gasteiger partial charge in [-0.15, -0.1) is 11.8 Å². The van der Waals surface area contributed by atoms with E-state index in [2.05, 4.69) is 5.32 Å². The topological polar surface area (TPSA) is 119 Å². The Morgan fingerprint density at radius 1 is 1.18 bits per heavy atom. The van der Waals surface area contributed by atoms with E-state index in [-0.39, 0.29) is 23.5 Å². The molecule has 1 aliphatic rings. The molecule has 34 heavy (non-hydrogen) atoms. The van der Waals surface area contributed by atoms with Crippen LogP contribution in [0.5, 0.6) is 0 Å². The minimum Gasteiger partial charge on any atom is -0.464 e. The van der Waals surface area contributed by atoms with E-state index in [1.54, 1.807) is 43.3 Å². The molecule has 2 aromatic carbocycles. The van der Waals surface area contributed by atoms with Gasteiger partial charge in [-0.25, -0.2) is 17.5 Å². The fraction of sp³-hybridized carbons (Fsp3) is 0.417. The summed E-state index contributed by atoms with van der Waals surface area (Å²) in [6.45, 7) is 7.39. The van der Waals surface area contributed by atoms with E-state index in [9.17, 15) is 18.0 Å². The summed E-state index contributed by atoms with van der Waals surface area (Å²) in [5.74, 6) is -0.876. The SMILES string of the molecule is CCOC(=O)[C@H](Cc1ccc(N)cc1)N(C(=O)[C@H]1NC(C)(C)CS1)S(=O)(=O)c1ccc(C)cc1. The van der Waals surface area contributed by atoms with Crippen molar-refractivity contribution >= 4 is 39.3 Å². The fourth-order valence-corrected chi connectivity index (χ4v) is 6.56. The van der Waals surface area contributed by atoms with Crippen LogP contribution in [0, 0.1) is 6.92 Å². The number of hydrogen-bond acceptors (Lipinski definition) is 8. The van der Waals surface area contributed by atoms with Gasteiger partial charge in [0, 0.05) is 23.4 Å². The number of nitrogen functional groups attached to an aromatic ring is 1. The largest absolute Gasteiger partial charge is 0.464 e. The number of ether oxygens (including phenoxy) is 1. The van der Waals surface area contributed by atoms with Crippen LogP contribution in [0.1, 0.15) is 31.9 Å². The van der Waals surface area contributed by atoms with Gasteiger partial charge in [0.25, 0.3) is 15.9 Å². The van der Waals surface area contributed by atoms with Gasteiger partial charge < -0.3 is 10.5 Å². The number of nitrogens with one attached hydrogen (secondary N) is 1. The molecular weight excluding hydrogens is 474 g/mol. The number of carbonyl (C=O) groups excluding carboxylic acids is 2. The molecule has 0 spiro atoms. The van der Waals surface area contributed by atoms with Crippen molar-refractivity contribution in [2.24, 2.45) is 0 Å². The molecule has 2 atom stereocenters. The zero-order chi connectivity index (χ0) is 25.1. The molecule has 8 nitrogen and oxygen atoms in total. The van der Waals surface area contributed by atoms with Crippen LogP contribution in [-0.4, -0.2) is 53.9 Å². The second-order valence-corrected chi connectivity index (χ2v) is 11.8. The van der Waals surface area contributed by atoms with Crippen molar-refractivity contribution < 1.29 is 22.7 Å². The predicted octanol–water partition coefficient (Wildman–Crippen LogP) is 2.71. The summed E-state index contributed by atoms with van der Waals surface area (Å²) in [7, 11) is -4.38. The second-order valence-electron chi connectivity index (χ2n) is 8.88. The van der Waals surface area contributed by atoms with E-state index in [0.717, 1.165) is 5.56 Å². The van der Waals surface area contributed by atoms with Crippen molar-refractivity contribution in [3.63, 3.8) is 0 Å². The zero-order valence-electron chi connectivity index (χ0n) is 19.8. The lowest BCUT2D eigenvalue weighted by Crippen LogP contribution is -2.56.